The number of nitro groups is 1. The van der Waals surface area contributed by atoms with Gasteiger partial charge in [0.15, 0.2) is 0 Å². The van der Waals surface area contributed by atoms with Gasteiger partial charge in [-0.15, -0.1) is 11.3 Å². The van der Waals surface area contributed by atoms with Crippen LogP contribution in [0.1, 0.15) is 23.1 Å². The molecule has 0 saturated carbocycles. The maximum Gasteiger partial charge on any atom is 0.208 e. The highest BCUT2D eigenvalue weighted by molar-refractivity contribution is 7.11. The van der Waals surface area contributed by atoms with Crippen LogP contribution in [0.15, 0.2) is 12.1 Å². The van der Waals surface area contributed by atoms with Gasteiger partial charge in [-0.3, -0.25) is 10.1 Å². The third-order valence-corrected chi connectivity index (χ3v) is 2.96. The van der Waals surface area contributed by atoms with E-state index in [4.69, 9.17) is 0 Å². The zero-order chi connectivity index (χ0) is 9.68. The average Bonchev–Trinajstić information content (AvgIpc) is 2.50. The standard InChI is InChI=1S/C9H13NO2S/c1-2-3-8-4-5-9(13-8)6-7-10(11)12/h4-5H,2-3,6-7H2,1H3. The Morgan fingerprint density at radius 1 is 1.38 bits per heavy atom. The van der Waals surface area contributed by atoms with Gasteiger partial charge in [0, 0.05) is 21.1 Å². The summed E-state index contributed by atoms with van der Waals surface area (Å²) >= 11 is 1.69. The molecule has 72 valence electrons. The van der Waals surface area contributed by atoms with Crippen molar-refractivity contribution in [1.82, 2.24) is 0 Å². The fraction of sp³-hybridized carbons (Fsp3) is 0.556. The summed E-state index contributed by atoms with van der Waals surface area (Å²) in [5, 5.41) is 10.1. The minimum atomic E-state index is -0.265. The van der Waals surface area contributed by atoms with Gasteiger partial charge < -0.3 is 0 Å². The van der Waals surface area contributed by atoms with Crippen LogP contribution in [0.25, 0.3) is 0 Å². The van der Waals surface area contributed by atoms with Gasteiger partial charge in [-0.1, -0.05) is 13.3 Å². The molecule has 1 aromatic rings. The van der Waals surface area contributed by atoms with E-state index >= 15 is 0 Å². The minimum absolute atomic E-state index is 0.0477. The first-order valence-corrected chi connectivity index (χ1v) is 5.23. The zero-order valence-electron chi connectivity index (χ0n) is 7.66. The summed E-state index contributed by atoms with van der Waals surface area (Å²) in [6.45, 7) is 2.18. The van der Waals surface area contributed by atoms with Crippen LogP contribution in [-0.2, 0) is 12.8 Å². The fourth-order valence-corrected chi connectivity index (χ4v) is 2.25. The van der Waals surface area contributed by atoms with Gasteiger partial charge in [-0.2, -0.15) is 0 Å². The smallest absolute Gasteiger partial charge is 0.208 e. The monoisotopic (exact) mass is 199 g/mol. The van der Waals surface area contributed by atoms with E-state index in [1.165, 1.54) is 4.88 Å². The molecule has 0 bridgehead atoms. The van der Waals surface area contributed by atoms with E-state index in [9.17, 15) is 10.1 Å². The van der Waals surface area contributed by atoms with Gasteiger partial charge in [0.1, 0.15) is 0 Å². The second-order valence-electron chi connectivity index (χ2n) is 2.92. The van der Waals surface area contributed by atoms with Gasteiger partial charge >= 0.3 is 0 Å². The van der Waals surface area contributed by atoms with E-state index in [1.807, 2.05) is 6.07 Å². The Balaban J connectivity index is 2.44. The molecule has 4 heteroatoms. The Bertz CT molecular complexity index is 283. The molecule has 0 aromatic carbocycles. The Labute approximate surface area is 81.5 Å². The first-order chi connectivity index (χ1) is 6.22. The van der Waals surface area contributed by atoms with Crippen LogP contribution in [0.3, 0.4) is 0 Å². The number of nitrogens with zero attached hydrogens (tertiary/aromatic N) is 1. The molecule has 0 aliphatic rings. The molecule has 0 saturated heterocycles. The summed E-state index contributed by atoms with van der Waals surface area (Å²) in [6.07, 6.45) is 2.79. The maximum atomic E-state index is 10.1. The molecule has 3 nitrogen and oxygen atoms in total. The zero-order valence-corrected chi connectivity index (χ0v) is 8.47. The molecule has 0 aliphatic heterocycles. The topological polar surface area (TPSA) is 43.1 Å². The van der Waals surface area contributed by atoms with Crippen molar-refractivity contribution in [3.63, 3.8) is 0 Å². The van der Waals surface area contributed by atoms with Crippen molar-refractivity contribution < 1.29 is 4.92 Å². The minimum Gasteiger partial charge on any atom is -0.265 e. The van der Waals surface area contributed by atoms with Crippen molar-refractivity contribution in [2.24, 2.45) is 0 Å². The predicted molar refractivity (Wildman–Crippen MR) is 53.9 cm³/mol. The van der Waals surface area contributed by atoms with Gasteiger partial charge in [0.05, 0.1) is 0 Å². The lowest BCUT2D eigenvalue weighted by molar-refractivity contribution is -0.479. The lowest BCUT2D eigenvalue weighted by atomic mass is 10.3. The number of thiophene rings is 1. The highest BCUT2D eigenvalue weighted by atomic mass is 32.1. The van der Waals surface area contributed by atoms with Crippen LogP contribution < -0.4 is 0 Å². The van der Waals surface area contributed by atoms with Gasteiger partial charge in [0.25, 0.3) is 0 Å². The average molecular weight is 199 g/mol. The fourth-order valence-electron chi connectivity index (χ4n) is 1.14. The number of hydrogen-bond donors (Lipinski definition) is 0. The lowest BCUT2D eigenvalue weighted by Crippen LogP contribution is -2.02. The van der Waals surface area contributed by atoms with Crippen LogP contribution in [0.5, 0.6) is 0 Å². The van der Waals surface area contributed by atoms with Crippen molar-refractivity contribution >= 4 is 11.3 Å². The number of hydrogen-bond acceptors (Lipinski definition) is 3. The van der Waals surface area contributed by atoms with E-state index in [-0.39, 0.29) is 11.5 Å². The molecule has 1 aromatic heterocycles. The molecule has 0 aliphatic carbocycles. The van der Waals surface area contributed by atoms with Crippen LogP contribution >= 0.6 is 11.3 Å². The highest BCUT2D eigenvalue weighted by Gasteiger charge is 2.03. The molecular formula is C9H13NO2S. The van der Waals surface area contributed by atoms with Crippen LogP contribution in [0.4, 0.5) is 0 Å². The normalized spacial score (nSPS) is 10.2. The largest absolute Gasteiger partial charge is 0.265 e. The molecule has 1 rings (SSSR count). The summed E-state index contributed by atoms with van der Waals surface area (Å²) in [5.74, 6) is 0. The molecule has 0 unspecified atom stereocenters. The molecule has 13 heavy (non-hydrogen) atoms. The molecule has 1 heterocycles. The summed E-state index contributed by atoms with van der Waals surface area (Å²) in [7, 11) is 0. The number of aryl methyl sites for hydroxylation is 1. The summed E-state index contributed by atoms with van der Waals surface area (Å²) in [6, 6.07) is 4.07. The van der Waals surface area contributed by atoms with Crippen LogP contribution in [0.2, 0.25) is 0 Å². The lowest BCUT2D eigenvalue weighted by Gasteiger charge is -1.91. The molecule has 0 spiro atoms. The predicted octanol–water partition coefficient (Wildman–Crippen LogP) is 2.52. The van der Waals surface area contributed by atoms with E-state index in [2.05, 4.69) is 13.0 Å². The van der Waals surface area contributed by atoms with E-state index in [1.54, 1.807) is 11.3 Å². The summed E-state index contributed by atoms with van der Waals surface area (Å²) in [5.41, 5.74) is 0. The van der Waals surface area contributed by atoms with Crippen LogP contribution in [0, 0.1) is 10.1 Å². The van der Waals surface area contributed by atoms with E-state index < -0.39 is 0 Å². The van der Waals surface area contributed by atoms with Crippen LogP contribution in [-0.4, -0.2) is 11.5 Å². The second kappa shape index (κ2) is 4.97. The Hall–Kier alpha value is -0.900. The van der Waals surface area contributed by atoms with Gasteiger partial charge in [0.2, 0.25) is 6.54 Å². The van der Waals surface area contributed by atoms with E-state index in [0.29, 0.717) is 6.42 Å². The molecule has 0 amide bonds. The SMILES string of the molecule is CCCc1ccc(CC[N+](=O)[O-])s1. The van der Waals surface area contributed by atoms with Crippen molar-refractivity contribution in [3.8, 4) is 0 Å². The summed E-state index contributed by atoms with van der Waals surface area (Å²) in [4.78, 5) is 12.3. The van der Waals surface area contributed by atoms with Crippen molar-refractivity contribution in [1.29, 1.82) is 0 Å². The molecule has 0 fully saturated rings. The third-order valence-electron chi connectivity index (χ3n) is 1.75. The molecular weight excluding hydrogens is 186 g/mol. The van der Waals surface area contributed by atoms with Gasteiger partial charge in [-0.25, -0.2) is 0 Å². The van der Waals surface area contributed by atoms with E-state index in [0.717, 1.165) is 17.7 Å². The van der Waals surface area contributed by atoms with Crippen molar-refractivity contribution in [2.45, 2.75) is 26.2 Å². The Morgan fingerprint density at radius 3 is 2.54 bits per heavy atom. The molecule has 0 radical (unpaired) electrons. The first-order valence-electron chi connectivity index (χ1n) is 4.41. The summed E-state index contributed by atoms with van der Waals surface area (Å²) < 4.78 is 0. The van der Waals surface area contributed by atoms with Crippen molar-refractivity contribution in [3.05, 3.63) is 32.0 Å². The Morgan fingerprint density at radius 2 is 2.00 bits per heavy atom. The highest BCUT2D eigenvalue weighted by Crippen LogP contribution is 2.18. The first kappa shape index (κ1) is 10.2. The maximum absolute atomic E-state index is 10.1. The quantitative estimate of drug-likeness (QED) is 0.540. The Kier molecular flexibility index (Phi) is 3.89. The van der Waals surface area contributed by atoms with Gasteiger partial charge in [-0.05, 0) is 18.6 Å². The third kappa shape index (κ3) is 3.55. The second-order valence-corrected chi connectivity index (χ2v) is 4.18. The molecule has 0 N–H and O–H groups in total. The number of rotatable bonds is 5. The van der Waals surface area contributed by atoms with Crippen molar-refractivity contribution in [2.75, 3.05) is 6.54 Å². The molecule has 0 atom stereocenters.